The van der Waals surface area contributed by atoms with E-state index in [0.717, 1.165) is 11.8 Å². The van der Waals surface area contributed by atoms with Gasteiger partial charge in [-0.05, 0) is 18.6 Å². The topological polar surface area (TPSA) is 74.4 Å². The maximum absolute atomic E-state index is 12.1. The van der Waals surface area contributed by atoms with Crippen LogP contribution in [0, 0.1) is 16.0 Å². The number of Topliss-reactive ketones (excluding diaryl/α,β-unsaturated/α-hetero) is 1. The summed E-state index contributed by atoms with van der Waals surface area (Å²) in [6, 6.07) is 6.54. The average Bonchev–Trinajstić information content (AvgIpc) is 3.08. The predicted octanol–water partition coefficient (Wildman–Crippen LogP) is 2.16. The molecule has 0 spiro atoms. The number of non-ortho nitro benzene ring substituents is 1. The van der Waals surface area contributed by atoms with E-state index in [1.807, 2.05) is 6.07 Å². The Bertz CT molecular complexity index is 671. The predicted molar refractivity (Wildman–Crippen MR) is 72.5 cm³/mol. The highest BCUT2D eigenvalue weighted by Gasteiger charge is 2.23. The molecule has 0 N–H and O–H groups in total. The first-order valence-electron chi connectivity index (χ1n) is 6.49. The number of hydrogen-bond acceptors (Lipinski definition) is 4. The fourth-order valence-corrected chi connectivity index (χ4v) is 2.51. The lowest BCUT2D eigenvalue weighted by Gasteiger charge is -2.08. The van der Waals surface area contributed by atoms with Crippen molar-refractivity contribution in [1.29, 1.82) is 0 Å². The van der Waals surface area contributed by atoms with E-state index in [1.54, 1.807) is 16.8 Å². The standard InChI is InChI=1S/C14H14N2O4/c17-14(11-4-6-20-9-11)8-15-5-3-10-1-2-12(16(18)19)7-13(10)15/h1-3,5,7,11H,4,6,8-9H2. The van der Waals surface area contributed by atoms with Gasteiger partial charge in [-0.15, -0.1) is 0 Å². The summed E-state index contributed by atoms with van der Waals surface area (Å²) >= 11 is 0. The first kappa shape index (κ1) is 12.8. The third-order valence-corrected chi connectivity index (χ3v) is 3.68. The molecule has 1 aliphatic heterocycles. The highest BCUT2D eigenvalue weighted by molar-refractivity contribution is 5.86. The molecule has 0 radical (unpaired) electrons. The van der Waals surface area contributed by atoms with Gasteiger partial charge in [0.25, 0.3) is 5.69 Å². The monoisotopic (exact) mass is 274 g/mol. The molecule has 6 heteroatoms. The molecule has 1 aliphatic rings. The number of nitrogens with zero attached hydrogens (tertiary/aromatic N) is 2. The molecule has 2 heterocycles. The lowest BCUT2D eigenvalue weighted by Crippen LogP contribution is -2.19. The van der Waals surface area contributed by atoms with E-state index in [2.05, 4.69) is 0 Å². The summed E-state index contributed by atoms with van der Waals surface area (Å²) in [6.07, 6.45) is 2.56. The number of fused-ring (bicyclic) bond motifs is 1. The number of hydrogen-bond donors (Lipinski definition) is 0. The van der Waals surface area contributed by atoms with Gasteiger partial charge in [0.1, 0.15) is 0 Å². The maximum Gasteiger partial charge on any atom is 0.271 e. The quantitative estimate of drug-likeness (QED) is 0.632. The zero-order chi connectivity index (χ0) is 14.1. The van der Waals surface area contributed by atoms with E-state index >= 15 is 0 Å². The Morgan fingerprint density at radius 3 is 3.00 bits per heavy atom. The van der Waals surface area contributed by atoms with Gasteiger partial charge in [0, 0.05) is 36.2 Å². The van der Waals surface area contributed by atoms with E-state index in [4.69, 9.17) is 4.74 Å². The van der Waals surface area contributed by atoms with Crippen LogP contribution in [0.1, 0.15) is 6.42 Å². The number of nitro groups is 1. The molecule has 0 saturated carbocycles. The number of benzene rings is 1. The summed E-state index contributed by atoms with van der Waals surface area (Å²) < 4.78 is 6.98. The van der Waals surface area contributed by atoms with Gasteiger partial charge in [-0.25, -0.2) is 0 Å². The Hall–Kier alpha value is -2.21. The smallest absolute Gasteiger partial charge is 0.271 e. The molecule has 3 rings (SSSR count). The number of ketones is 1. The van der Waals surface area contributed by atoms with Gasteiger partial charge in [-0.3, -0.25) is 14.9 Å². The minimum absolute atomic E-state index is 0.0362. The van der Waals surface area contributed by atoms with Gasteiger partial charge < -0.3 is 9.30 Å². The SMILES string of the molecule is O=C(Cn1ccc2ccc([N+](=O)[O-])cc21)C1CCOC1. The van der Waals surface area contributed by atoms with Gasteiger partial charge in [-0.1, -0.05) is 0 Å². The number of carbonyl (C=O) groups is 1. The third kappa shape index (κ3) is 2.30. The Kier molecular flexibility index (Phi) is 3.23. The number of nitro benzene ring substituents is 1. The second kappa shape index (κ2) is 5.05. The fourth-order valence-electron chi connectivity index (χ4n) is 2.51. The van der Waals surface area contributed by atoms with Gasteiger partial charge in [0.05, 0.1) is 23.6 Å². The van der Waals surface area contributed by atoms with Gasteiger partial charge >= 0.3 is 0 Å². The van der Waals surface area contributed by atoms with E-state index < -0.39 is 4.92 Å². The van der Waals surface area contributed by atoms with Crippen LogP contribution in [0.5, 0.6) is 0 Å². The highest BCUT2D eigenvalue weighted by Crippen LogP contribution is 2.23. The van der Waals surface area contributed by atoms with Crippen molar-refractivity contribution in [1.82, 2.24) is 4.57 Å². The molecule has 0 aliphatic carbocycles. The largest absolute Gasteiger partial charge is 0.381 e. The van der Waals surface area contributed by atoms with Crippen LogP contribution in [0.4, 0.5) is 5.69 Å². The zero-order valence-corrected chi connectivity index (χ0v) is 10.8. The van der Waals surface area contributed by atoms with Crippen LogP contribution < -0.4 is 0 Å². The normalized spacial score (nSPS) is 18.5. The van der Waals surface area contributed by atoms with Crippen LogP contribution in [0.15, 0.2) is 30.5 Å². The lowest BCUT2D eigenvalue weighted by atomic mass is 10.0. The highest BCUT2D eigenvalue weighted by atomic mass is 16.6. The van der Waals surface area contributed by atoms with Crippen molar-refractivity contribution in [2.45, 2.75) is 13.0 Å². The van der Waals surface area contributed by atoms with Crippen LogP contribution in [0.25, 0.3) is 10.9 Å². The molecule has 104 valence electrons. The molecule has 1 fully saturated rings. The molecular formula is C14H14N2O4. The number of carbonyl (C=O) groups excluding carboxylic acids is 1. The molecule has 0 amide bonds. The Morgan fingerprint density at radius 2 is 2.30 bits per heavy atom. The van der Waals surface area contributed by atoms with Crippen molar-refractivity contribution in [3.8, 4) is 0 Å². The zero-order valence-electron chi connectivity index (χ0n) is 10.8. The minimum Gasteiger partial charge on any atom is -0.381 e. The average molecular weight is 274 g/mol. The summed E-state index contributed by atoms with van der Waals surface area (Å²) in [5.74, 6) is 0.0673. The molecule has 2 aromatic rings. The summed E-state index contributed by atoms with van der Waals surface area (Å²) in [4.78, 5) is 22.5. The molecule has 1 saturated heterocycles. The summed E-state index contributed by atoms with van der Waals surface area (Å²) in [5.41, 5.74) is 0.751. The maximum atomic E-state index is 12.1. The van der Waals surface area contributed by atoms with Crippen LogP contribution in [0.3, 0.4) is 0 Å². The van der Waals surface area contributed by atoms with Crippen molar-refractivity contribution in [3.05, 3.63) is 40.6 Å². The first-order valence-corrected chi connectivity index (χ1v) is 6.49. The van der Waals surface area contributed by atoms with E-state index in [-0.39, 0.29) is 23.9 Å². The molecule has 1 atom stereocenters. The molecule has 1 aromatic carbocycles. The first-order chi connectivity index (χ1) is 9.65. The van der Waals surface area contributed by atoms with E-state index in [9.17, 15) is 14.9 Å². The van der Waals surface area contributed by atoms with Crippen molar-refractivity contribution < 1.29 is 14.5 Å². The van der Waals surface area contributed by atoms with Crippen molar-refractivity contribution in [2.24, 2.45) is 5.92 Å². The minimum atomic E-state index is -0.427. The molecule has 0 bridgehead atoms. The molecule has 1 aromatic heterocycles. The van der Waals surface area contributed by atoms with Crippen molar-refractivity contribution in [2.75, 3.05) is 13.2 Å². The molecular weight excluding hydrogens is 260 g/mol. The third-order valence-electron chi connectivity index (χ3n) is 3.68. The lowest BCUT2D eigenvalue weighted by molar-refractivity contribution is -0.384. The molecule has 20 heavy (non-hydrogen) atoms. The Labute approximate surface area is 115 Å². The second-order valence-corrected chi connectivity index (χ2v) is 4.97. The van der Waals surface area contributed by atoms with Gasteiger partial charge in [0.2, 0.25) is 0 Å². The van der Waals surface area contributed by atoms with Gasteiger partial charge in [0.15, 0.2) is 5.78 Å². The number of ether oxygens (including phenoxy) is 1. The molecule has 6 nitrogen and oxygen atoms in total. The van der Waals surface area contributed by atoms with Crippen LogP contribution in [-0.2, 0) is 16.1 Å². The number of rotatable bonds is 4. The van der Waals surface area contributed by atoms with Crippen LogP contribution in [-0.4, -0.2) is 28.5 Å². The van der Waals surface area contributed by atoms with Gasteiger partial charge in [-0.2, -0.15) is 0 Å². The second-order valence-electron chi connectivity index (χ2n) is 4.97. The molecule has 1 unspecified atom stereocenters. The van der Waals surface area contributed by atoms with Crippen molar-refractivity contribution >= 4 is 22.4 Å². The van der Waals surface area contributed by atoms with Crippen molar-refractivity contribution in [3.63, 3.8) is 0 Å². The van der Waals surface area contributed by atoms with Crippen LogP contribution in [0.2, 0.25) is 0 Å². The Morgan fingerprint density at radius 1 is 1.45 bits per heavy atom. The summed E-state index contributed by atoms with van der Waals surface area (Å²) in [5, 5.41) is 11.7. The fraction of sp³-hybridized carbons (Fsp3) is 0.357. The summed E-state index contributed by atoms with van der Waals surface area (Å²) in [7, 11) is 0. The summed E-state index contributed by atoms with van der Waals surface area (Å²) in [6.45, 7) is 1.35. The van der Waals surface area contributed by atoms with Crippen LogP contribution >= 0.6 is 0 Å². The van der Waals surface area contributed by atoms with E-state index in [1.165, 1.54) is 12.1 Å². The van der Waals surface area contributed by atoms with E-state index in [0.29, 0.717) is 18.7 Å². The number of aromatic nitrogens is 1. The Balaban J connectivity index is 1.89.